The highest BCUT2D eigenvalue weighted by molar-refractivity contribution is 6.43. The molecule has 0 atom stereocenters. The predicted octanol–water partition coefficient (Wildman–Crippen LogP) is 2.66. The number of nitrogens with one attached hydrogen (secondary N) is 2. The molecule has 1 saturated heterocycles. The molecular formula is C14H17Cl2N3O3. The van der Waals surface area contributed by atoms with Crippen molar-refractivity contribution in [1.82, 2.24) is 10.2 Å². The highest BCUT2D eigenvalue weighted by Crippen LogP contribution is 2.29. The minimum absolute atomic E-state index is 0.0167. The van der Waals surface area contributed by atoms with Crippen molar-refractivity contribution in [2.24, 2.45) is 0 Å². The number of nitrogens with zero attached hydrogens (tertiary/aromatic N) is 1. The van der Waals surface area contributed by atoms with Gasteiger partial charge in [0.1, 0.15) is 0 Å². The van der Waals surface area contributed by atoms with Crippen LogP contribution in [0.15, 0.2) is 18.2 Å². The van der Waals surface area contributed by atoms with Gasteiger partial charge < -0.3 is 15.7 Å². The van der Waals surface area contributed by atoms with Crippen LogP contribution in [0.3, 0.4) is 0 Å². The molecule has 0 bridgehead atoms. The smallest absolute Gasteiger partial charge is 0.319 e. The Morgan fingerprint density at radius 3 is 2.59 bits per heavy atom. The Labute approximate surface area is 138 Å². The van der Waals surface area contributed by atoms with Crippen LogP contribution in [0.1, 0.15) is 12.8 Å². The molecule has 1 fully saturated rings. The fourth-order valence-corrected chi connectivity index (χ4v) is 2.72. The van der Waals surface area contributed by atoms with Crippen LogP contribution >= 0.6 is 23.2 Å². The van der Waals surface area contributed by atoms with E-state index in [1.54, 1.807) is 18.2 Å². The molecule has 1 aromatic carbocycles. The van der Waals surface area contributed by atoms with Gasteiger partial charge in [-0.15, -0.1) is 0 Å². The summed E-state index contributed by atoms with van der Waals surface area (Å²) in [5.74, 6) is -0.834. The first kappa shape index (κ1) is 16.9. The monoisotopic (exact) mass is 345 g/mol. The maximum absolute atomic E-state index is 12.0. The number of carboxylic acid groups (broad SMARTS) is 1. The molecule has 1 heterocycles. The lowest BCUT2D eigenvalue weighted by Gasteiger charge is -2.31. The summed E-state index contributed by atoms with van der Waals surface area (Å²) in [5, 5.41) is 15.0. The second kappa shape index (κ2) is 7.67. The zero-order chi connectivity index (χ0) is 16.1. The minimum atomic E-state index is -0.834. The number of urea groups is 1. The first-order valence-corrected chi connectivity index (χ1v) is 7.67. The fourth-order valence-electron chi connectivity index (χ4n) is 2.37. The van der Waals surface area contributed by atoms with E-state index in [0.717, 1.165) is 0 Å². The number of carbonyl (C=O) groups is 2. The molecule has 0 saturated carbocycles. The van der Waals surface area contributed by atoms with E-state index in [1.165, 1.54) is 0 Å². The van der Waals surface area contributed by atoms with Gasteiger partial charge in [0.2, 0.25) is 0 Å². The topological polar surface area (TPSA) is 81.7 Å². The average molecular weight is 346 g/mol. The Balaban J connectivity index is 1.81. The summed E-state index contributed by atoms with van der Waals surface area (Å²) in [6, 6.07) is 4.69. The molecule has 1 aliphatic heterocycles. The Kier molecular flexibility index (Phi) is 5.88. The van der Waals surface area contributed by atoms with Gasteiger partial charge in [-0.1, -0.05) is 29.3 Å². The molecular weight excluding hydrogens is 329 g/mol. The molecule has 2 rings (SSSR count). The van der Waals surface area contributed by atoms with Crippen LogP contribution < -0.4 is 10.6 Å². The molecule has 0 radical (unpaired) electrons. The van der Waals surface area contributed by atoms with E-state index in [2.05, 4.69) is 10.6 Å². The van der Waals surface area contributed by atoms with Crippen LogP contribution in [0.4, 0.5) is 10.5 Å². The van der Waals surface area contributed by atoms with Crippen LogP contribution in [0.5, 0.6) is 0 Å². The van der Waals surface area contributed by atoms with E-state index < -0.39 is 5.97 Å². The number of anilines is 1. The molecule has 0 spiro atoms. The van der Waals surface area contributed by atoms with Crippen molar-refractivity contribution in [1.29, 1.82) is 0 Å². The maximum atomic E-state index is 12.0. The second-order valence-corrected chi connectivity index (χ2v) is 5.93. The van der Waals surface area contributed by atoms with Crippen molar-refractivity contribution in [3.8, 4) is 0 Å². The average Bonchev–Trinajstić information content (AvgIpc) is 2.45. The maximum Gasteiger partial charge on any atom is 0.319 e. The lowest BCUT2D eigenvalue weighted by atomic mass is 10.1. The van der Waals surface area contributed by atoms with Crippen LogP contribution in [-0.2, 0) is 4.79 Å². The Morgan fingerprint density at radius 2 is 1.95 bits per heavy atom. The number of piperidine rings is 1. The van der Waals surface area contributed by atoms with Gasteiger partial charge in [-0.25, -0.2) is 4.79 Å². The fraction of sp³-hybridized carbons (Fsp3) is 0.429. The predicted molar refractivity (Wildman–Crippen MR) is 85.7 cm³/mol. The number of carboxylic acids is 1. The third-order valence-corrected chi connectivity index (χ3v) is 4.30. The van der Waals surface area contributed by atoms with E-state index in [1.807, 2.05) is 4.90 Å². The number of likely N-dealkylation sites (tertiary alicyclic amines) is 1. The zero-order valence-electron chi connectivity index (χ0n) is 11.8. The van der Waals surface area contributed by atoms with Crippen molar-refractivity contribution in [2.45, 2.75) is 18.9 Å². The van der Waals surface area contributed by atoms with Crippen molar-refractivity contribution >= 4 is 40.9 Å². The Morgan fingerprint density at radius 1 is 1.27 bits per heavy atom. The number of hydrogen-bond donors (Lipinski definition) is 3. The Bertz CT molecular complexity index is 560. The summed E-state index contributed by atoms with van der Waals surface area (Å²) < 4.78 is 0. The van der Waals surface area contributed by atoms with Crippen LogP contribution in [0.2, 0.25) is 10.0 Å². The van der Waals surface area contributed by atoms with Gasteiger partial charge >= 0.3 is 12.0 Å². The molecule has 1 aliphatic rings. The molecule has 1 aromatic rings. The quantitative estimate of drug-likeness (QED) is 0.783. The lowest BCUT2D eigenvalue weighted by Crippen LogP contribution is -2.47. The van der Waals surface area contributed by atoms with Crippen molar-refractivity contribution in [3.05, 3.63) is 28.2 Å². The standard InChI is InChI=1S/C14H17Cl2N3O3/c15-10-2-1-3-11(13(10)16)18-14(22)17-9-4-6-19(7-5-9)8-12(20)21/h1-3,9H,4-8H2,(H,20,21)(H2,17,18,22). The highest BCUT2D eigenvalue weighted by atomic mass is 35.5. The molecule has 0 aromatic heterocycles. The number of benzene rings is 1. The summed E-state index contributed by atoms with van der Waals surface area (Å²) in [6.07, 6.45) is 1.42. The van der Waals surface area contributed by atoms with Crippen LogP contribution in [0.25, 0.3) is 0 Å². The summed E-state index contributed by atoms with van der Waals surface area (Å²) in [4.78, 5) is 24.5. The van der Waals surface area contributed by atoms with Crippen molar-refractivity contribution in [3.63, 3.8) is 0 Å². The van der Waals surface area contributed by atoms with E-state index in [-0.39, 0.29) is 18.6 Å². The summed E-state index contributed by atoms with van der Waals surface area (Å²) in [5.41, 5.74) is 0.454. The molecule has 2 amide bonds. The summed E-state index contributed by atoms with van der Waals surface area (Å²) in [7, 11) is 0. The van der Waals surface area contributed by atoms with E-state index >= 15 is 0 Å². The number of halogens is 2. The van der Waals surface area contributed by atoms with E-state index in [9.17, 15) is 9.59 Å². The van der Waals surface area contributed by atoms with Crippen LogP contribution in [0, 0.1) is 0 Å². The molecule has 8 heteroatoms. The number of amides is 2. The first-order chi connectivity index (χ1) is 10.5. The number of aliphatic carboxylic acids is 1. The van der Waals surface area contributed by atoms with Crippen molar-refractivity contribution in [2.75, 3.05) is 25.0 Å². The lowest BCUT2D eigenvalue weighted by molar-refractivity contribution is -0.138. The van der Waals surface area contributed by atoms with Gasteiger partial charge in [0.25, 0.3) is 0 Å². The first-order valence-electron chi connectivity index (χ1n) is 6.91. The Hall–Kier alpha value is -1.50. The summed E-state index contributed by atoms with van der Waals surface area (Å²) in [6.45, 7) is 1.33. The van der Waals surface area contributed by atoms with Gasteiger partial charge in [-0.2, -0.15) is 0 Å². The minimum Gasteiger partial charge on any atom is -0.480 e. The van der Waals surface area contributed by atoms with Crippen LogP contribution in [-0.4, -0.2) is 47.7 Å². The van der Waals surface area contributed by atoms with E-state index in [4.69, 9.17) is 28.3 Å². The van der Waals surface area contributed by atoms with E-state index in [0.29, 0.717) is 41.7 Å². The van der Waals surface area contributed by atoms with Gasteiger partial charge in [0.05, 0.1) is 22.3 Å². The van der Waals surface area contributed by atoms with Gasteiger partial charge in [-0.05, 0) is 25.0 Å². The number of rotatable bonds is 4. The number of hydrogen-bond acceptors (Lipinski definition) is 3. The molecule has 0 unspecified atom stereocenters. The van der Waals surface area contributed by atoms with Crippen molar-refractivity contribution < 1.29 is 14.7 Å². The molecule has 6 nitrogen and oxygen atoms in total. The molecule has 0 aliphatic carbocycles. The van der Waals surface area contributed by atoms with Gasteiger partial charge in [0, 0.05) is 19.1 Å². The largest absolute Gasteiger partial charge is 0.480 e. The normalized spacial score (nSPS) is 16.3. The molecule has 22 heavy (non-hydrogen) atoms. The third kappa shape index (κ3) is 4.76. The molecule has 3 N–H and O–H groups in total. The summed E-state index contributed by atoms with van der Waals surface area (Å²) >= 11 is 11.9. The number of carbonyl (C=O) groups excluding carboxylic acids is 1. The third-order valence-electron chi connectivity index (χ3n) is 3.48. The second-order valence-electron chi connectivity index (χ2n) is 5.14. The van der Waals surface area contributed by atoms with Gasteiger partial charge in [-0.3, -0.25) is 9.69 Å². The van der Waals surface area contributed by atoms with Gasteiger partial charge in [0.15, 0.2) is 0 Å². The SMILES string of the molecule is O=C(O)CN1CCC(NC(=O)Nc2cccc(Cl)c2Cl)CC1. The molecule has 120 valence electrons. The highest BCUT2D eigenvalue weighted by Gasteiger charge is 2.22. The zero-order valence-corrected chi connectivity index (χ0v) is 13.3.